The standard InChI is InChI=1S/C14H16F4N2O2/c15-11-3-2-10(14(16,17)18)6-9(11)7-20-5-1-4-13(22,8-20)12(19)21/h2-3,6,22H,1,4-5,7-8H2,(H2,19,21). The normalized spacial score (nSPS) is 23.5. The van der Waals surface area contributed by atoms with E-state index in [0.29, 0.717) is 19.0 Å². The maximum Gasteiger partial charge on any atom is 0.416 e. The maximum absolute atomic E-state index is 13.7. The van der Waals surface area contributed by atoms with Gasteiger partial charge in [-0.1, -0.05) is 0 Å². The van der Waals surface area contributed by atoms with Crippen molar-refractivity contribution in [3.8, 4) is 0 Å². The summed E-state index contributed by atoms with van der Waals surface area (Å²) in [5.74, 6) is -1.65. The number of rotatable bonds is 3. The number of carbonyl (C=O) groups excluding carboxylic acids is 1. The number of hydrogen-bond donors (Lipinski definition) is 2. The molecule has 0 aliphatic carbocycles. The molecule has 0 bridgehead atoms. The first-order valence-electron chi connectivity index (χ1n) is 6.72. The van der Waals surface area contributed by atoms with E-state index in [0.717, 1.165) is 12.1 Å². The fourth-order valence-electron chi connectivity index (χ4n) is 2.57. The topological polar surface area (TPSA) is 66.6 Å². The number of benzene rings is 1. The van der Waals surface area contributed by atoms with Crippen molar-refractivity contribution >= 4 is 5.91 Å². The van der Waals surface area contributed by atoms with Gasteiger partial charge in [0, 0.05) is 18.7 Å². The van der Waals surface area contributed by atoms with Gasteiger partial charge in [0.2, 0.25) is 0 Å². The van der Waals surface area contributed by atoms with Crippen LogP contribution in [0.5, 0.6) is 0 Å². The Morgan fingerprint density at radius 2 is 2.09 bits per heavy atom. The minimum Gasteiger partial charge on any atom is -0.379 e. The highest BCUT2D eigenvalue weighted by atomic mass is 19.4. The van der Waals surface area contributed by atoms with Gasteiger partial charge in [-0.2, -0.15) is 13.2 Å². The number of carbonyl (C=O) groups is 1. The van der Waals surface area contributed by atoms with Crippen LogP contribution in [0.2, 0.25) is 0 Å². The van der Waals surface area contributed by atoms with Crippen LogP contribution >= 0.6 is 0 Å². The van der Waals surface area contributed by atoms with E-state index in [-0.39, 0.29) is 25.1 Å². The zero-order valence-corrected chi connectivity index (χ0v) is 11.7. The number of likely N-dealkylation sites (tertiary alicyclic amines) is 1. The van der Waals surface area contributed by atoms with Crippen molar-refractivity contribution in [2.24, 2.45) is 5.73 Å². The molecule has 1 unspecified atom stereocenters. The third-order valence-electron chi connectivity index (χ3n) is 3.78. The van der Waals surface area contributed by atoms with E-state index in [1.165, 1.54) is 4.90 Å². The summed E-state index contributed by atoms with van der Waals surface area (Å²) in [5, 5.41) is 10.1. The highest BCUT2D eigenvalue weighted by Crippen LogP contribution is 2.31. The number of β-amino-alcohol motifs (C(OH)–C–C–N with tert-alkyl or cyclic N) is 1. The Morgan fingerprint density at radius 3 is 2.68 bits per heavy atom. The number of aliphatic hydroxyl groups is 1. The lowest BCUT2D eigenvalue weighted by Gasteiger charge is -2.37. The van der Waals surface area contributed by atoms with Crippen molar-refractivity contribution < 1.29 is 27.5 Å². The Balaban J connectivity index is 2.18. The molecule has 3 N–H and O–H groups in total. The third-order valence-corrected chi connectivity index (χ3v) is 3.78. The molecule has 1 amide bonds. The van der Waals surface area contributed by atoms with Gasteiger partial charge >= 0.3 is 6.18 Å². The molecule has 4 nitrogen and oxygen atoms in total. The summed E-state index contributed by atoms with van der Waals surface area (Å²) in [6.45, 7) is 0.175. The molecule has 122 valence electrons. The number of piperidine rings is 1. The molecule has 0 aromatic heterocycles. The summed E-state index contributed by atoms with van der Waals surface area (Å²) in [6, 6.07) is 2.18. The summed E-state index contributed by atoms with van der Waals surface area (Å²) < 4.78 is 51.7. The number of primary amides is 1. The van der Waals surface area contributed by atoms with Gasteiger partial charge in [-0.05, 0) is 37.6 Å². The Morgan fingerprint density at radius 1 is 1.41 bits per heavy atom. The van der Waals surface area contributed by atoms with Crippen LogP contribution < -0.4 is 5.73 Å². The summed E-state index contributed by atoms with van der Waals surface area (Å²) in [6.07, 6.45) is -3.93. The van der Waals surface area contributed by atoms with Crippen molar-refractivity contribution in [3.05, 3.63) is 35.1 Å². The molecular weight excluding hydrogens is 304 g/mol. The van der Waals surface area contributed by atoms with Crippen molar-refractivity contribution in [1.82, 2.24) is 4.90 Å². The quantitative estimate of drug-likeness (QED) is 0.833. The summed E-state index contributed by atoms with van der Waals surface area (Å²) in [7, 11) is 0. The molecule has 1 heterocycles. The van der Waals surface area contributed by atoms with Crippen LogP contribution in [0.3, 0.4) is 0 Å². The largest absolute Gasteiger partial charge is 0.416 e. The third kappa shape index (κ3) is 3.56. The minimum atomic E-state index is -4.56. The highest BCUT2D eigenvalue weighted by molar-refractivity contribution is 5.83. The monoisotopic (exact) mass is 320 g/mol. The zero-order valence-electron chi connectivity index (χ0n) is 11.7. The van der Waals surface area contributed by atoms with Crippen LogP contribution in [-0.2, 0) is 17.5 Å². The molecular formula is C14H16F4N2O2. The fourth-order valence-corrected chi connectivity index (χ4v) is 2.57. The van der Waals surface area contributed by atoms with Gasteiger partial charge < -0.3 is 10.8 Å². The Bertz CT molecular complexity index is 576. The molecule has 1 fully saturated rings. The lowest BCUT2D eigenvalue weighted by atomic mass is 9.92. The van der Waals surface area contributed by atoms with Gasteiger partial charge in [-0.25, -0.2) is 4.39 Å². The lowest BCUT2D eigenvalue weighted by Crippen LogP contribution is -2.55. The molecule has 22 heavy (non-hydrogen) atoms. The molecule has 1 aliphatic heterocycles. The second-order valence-corrected chi connectivity index (χ2v) is 5.51. The van der Waals surface area contributed by atoms with Crippen LogP contribution in [-0.4, -0.2) is 34.6 Å². The van der Waals surface area contributed by atoms with Crippen LogP contribution in [0, 0.1) is 5.82 Å². The first-order chi connectivity index (χ1) is 10.1. The summed E-state index contributed by atoms with van der Waals surface area (Å²) >= 11 is 0. The molecule has 1 aromatic carbocycles. The van der Waals surface area contributed by atoms with Crippen molar-refractivity contribution in [1.29, 1.82) is 0 Å². The van der Waals surface area contributed by atoms with Gasteiger partial charge in [0.05, 0.1) is 5.56 Å². The van der Waals surface area contributed by atoms with Crippen molar-refractivity contribution in [2.75, 3.05) is 13.1 Å². The zero-order chi connectivity index (χ0) is 16.5. The Kier molecular flexibility index (Phi) is 4.44. The van der Waals surface area contributed by atoms with E-state index in [4.69, 9.17) is 5.73 Å². The first kappa shape index (κ1) is 16.7. The number of halogens is 4. The number of alkyl halides is 3. The van der Waals surface area contributed by atoms with Crippen molar-refractivity contribution in [2.45, 2.75) is 31.2 Å². The molecule has 1 atom stereocenters. The molecule has 0 spiro atoms. The van der Waals surface area contributed by atoms with Gasteiger partial charge in [0.25, 0.3) is 5.91 Å². The molecule has 1 saturated heterocycles. The van der Waals surface area contributed by atoms with Gasteiger partial charge in [-0.3, -0.25) is 9.69 Å². The van der Waals surface area contributed by atoms with E-state index in [9.17, 15) is 27.5 Å². The fraction of sp³-hybridized carbons (Fsp3) is 0.500. The SMILES string of the molecule is NC(=O)C1(O)CCCN(Cc2cc(C(F)(F)F)ccc2F)C1. The highest BCUT2D eigenvalue weighted by Gasteiger charge is 2.39. The number of amides is 1. The smallest absolute Gasteiger partial charge is 0.379 e. The summed E-state index contributed by atoms with van der Waals surface area (Å²) in [5.41, 5.74) is 2.33. The number of hydrogen-bond acceptors (Lipinski definition) is 3. The average molecular weight is 320 g/mol. The number of nitrogens with two attached hydrogens (primary N) is 1. The molecule has 1 aromatic rings. The predicted molar refractivity (Wildman–Crippen MR) is 70.1 cm³/mol. The molecule has 1 aliphatic rings. The molecule has 2 rings (SSSR count). The van der Waals surface area contributed by atoms with Gasteiger partial charge in [-0.15, -0.1) is 0 Å². The van der Waals surface area contributed by atoms with Crippen molar-refractivity contribution in [3.63, 3.8) is 0 Å². The average Bonchev–Trinajstić information content (AvgIpc) is 2.40. The van der Waals surface area contributed by atoms with Crippen LogP contribution in [0.4, 0.5) is 17.6 Å². The number of nitrogens with zero attached hydrogens (tertiary/aromatic N) is 1. The molecule has 8 heteroatoms. The predicted octanol–water partition coefficient (Wildman–Crippen LogP) is 1.66. The van der Waals surface area contributed by atoms with E-state index in [1.807, 2.05) is 0 Å². The van der Waals surface area contributed by atoms with Gasteiger partial charge in [0.15, 0.2) is 5.60 Å². The molecule has 0 radical (unpaired) electrons. The van der Waals surface area contributed by atoms with E-state index < -0.39 is 29.1 Å². The van der Waals surface area contributed by atoms with Gasteiger partial charge in [0.1, 0.15) is 5.82 Å². The minimum absolute atomic E-state index is 0.127. The first-order valence-corrected chi connectivity index (χ1v) is 6.72. The van der Waals surface area contributed by atoms with E-state index in [1.54, 1.807) is 0 Å². The maximum atomic E-state index is 13.7. The van der Waals surface area contributed by atoms with Crippen LogP contribution in [0.1, 0.15) is 24.0 Å². The second kappa shape index (κ2) is 5.85. The Labute approximate surface area is 124 Å². The Hall–Kier alpha value is -1.67. The lowest BCUT2D eigenvalue weighted by molar-refractivity contribution is -0.142. The van der Waals surface area contributed by atoms with E-state index >= 15 is 0 Å². The second-order valence-electron chi connectivity index (χ2n) is 5.51. The molecule has 0 saturated carbocycles. The summed E-state index contributed by atoms with van der Waals surface area (Å²) in [4.78, 5) is 12.8. The van der Waals surface area contributed by atoms with E-state index in [2.05, 4.69) is 0 Å². The van der Waals surface area contributed by atoms with Crippen LogP contribution in [0.15, 0.2) is 18.2 Å². The van der Waals surface area contributed by atoms with Crippen LogP contribution in [0.25, 0.3) is 0 Å².